The van der Waals surface area contributed by atoms with Crippen LogP contribution >= 0.6 is 0 Å². The first-order valence-electron chi connectivity index (χ1n) is 8.34. The van der Waals surface area contributed by atoms with Crippen LogP contribution < -0.4 is 14.8 Å². The lowest BCUT2D eigenvalue weighted by Crippen LogP contribution is -2.35. The van der Waals surface area contributed by atoms with Gasteiger partial charge in [-0.15, -0.1) is 0 Å². The quantitative estimate of drug-likeness (QED) is 0.548. The highest BCUT2D eigenvalue weighted by Crippen LogP contribution is 2.29. The van der Waals surface area contributed by atoms with Crippen LogP contribution in [0.25, 0.3) is 6.08 Å². The first-order valence-corrected chi connectivity index (χ1v) is 8.34. The van der Waals surface area contributed by atoms with Crippen molar-refractivity contribution >= 4 is 18.0 Å². The summed E-state index contributed by atoms with van der Waals surface area (Å²) in [4.78, 5) is 23.3. The molecule has 0 saturated carbocycles. The molecule has 6 heteroatoms. The lowest BCUT2D eigenvalue weighted by molar-refractivity contribution is -0.150. The molecule has 0 saturated heterocycles. The van der Waals surface area contributed by atoms with Crippen LogP contribution in [0.1, 0.15) is 33.3 Å². The Bertz CT molecular complexity index is 610. The topological polar surface area (TPSA) is 73.9 Å². The van der Waals surface area contributed by atoms with Crippen molar-refractivity contribution in [2.45, 2.75) is 33.8 Å². The van der Waals surface area contributed by atoms with E-state index in [2.05, 4.69) is 19.2 Å². The number of amides is 1. The number of nitrogens with one attached hydrogen (secondary N) is 1. The summed E-state index contributed by atoms with van der Waals surface area (Å²) in [5.74, 6) is 0.744. The van der Waals surface area contributed by atoms with Gasteiger partial charge in [0.2, 0.25) is 0 Å². The van der Waals surface area contributed by atoms with Crippen LogP contribution in [0.4, 0.5) is 0 Å². The van der Waals surface area contributed by atoms with Gasteiger partial charge in [0.05, 0.1) is 13.7 Å². The molecule has 1 N–H and O–H groups in total. The highest BCUT2D eigenvalue weighted by Gasteiger charge is 2.15. The second kappa shape index (κ2) is 10.4. The van der Waals surface area contributed by atoms with Crippen molar-refractivity contribution in [3.8, 4) is 11.5 Å². The van der Waals surface area contributed by atoms with Crippen LogP contribution in [-0.2, 0) is 14.3 Å². The maximum atomic E-state index is 11.8. The minimum absolute atomic E-state index is 0.322. The molecule has 0 aliphatic carbocycles. The number of rotatable bonds is 9. The Morgan fingerprint density at radius 1 is 1.20 bits per heavy atom. The van der Waals surface area contributed by atoms with Crippen molar-refractivity contribution in [2.75, 3.05) is 20.3 Å². The van der Waals surface area contributed by atoms with Crippen LogP contribution in [0.15, 0.2) is 24.3 Å². The fourth-order valence-electron chi connectivity index (χ4n) is 1.91. The monoisotopic (exact) mass is 349 g/mol. The Morgan fingerprint density at radius 2 is 1.92 bits per heavy atom. The Hall–Kier alpha value is -2.50. The zero-order valence-corrected chi connectivity index (χ0v) is 15.5. The molecular weight excluding hydrogens is 322 g/mol. The smallest absolute Gasteiger partial charge is 0.331 e. The fraction of sp³-hybridized carbons (Fsp3) is 0.474. The van der Waals surface area contributed by atoms with Gasteiger partial charge in [-0.05, 0) is 43.5 Å². The second-order valence-corrected chi connectivity index (χ2v) is 5.92. The van der Waals surface area contributed by atoms with Crippen LogP contribution in [0.3, 0.4) is 0 Å². The van der Waals surface area contributed by atoms with Crippen molar-refractivity contribution in [1.82, 2.24) is 5.32 Å². The summed E-state index contributed by atoms with van der Waals surface area (Å²) in [6, 6.07) is 5.38. The third-order valence-electron chi connectivity index (χ3n) is 3.18. The summed E-state index contributed by atoms with van der Waals surface area (Å²) >= 11 is 0. The van der Waals surface area contributed by atoms with Gasteiger partial charge in [0.15, 0.2) is 17.6 Å². The molecule has 6 nitrogen and oxygen atoms in total. The first-order chi connectivity index (χ1) is 11.9. The normalized spacial score (nSPS) is 12.1. The van der Waals surface area contributed by atoms with Crippen molar-refractivity contribution in [3.05, 3.63) is 29.8 Å². The number of benzene rings is 1. The van der Waals surface area contributed by atoms with Gasteiger partial charge in [0, 0.05) is 12.6 Å². The van der Waals surface area contributed by atoms with Crippen molar-refractivity contribution in [3.63, 3.8) is 0 Å². The maximum absolute atomic E-state index is 11.8. The van der Waals surface area contributed by atoms with E-state index in [1.54, 1.807) is 32.2 Å². The third kappa shape index (κ3) is 7.28. The minimum atomic E-state index is -0.835. The zero-order valence-electron chi connectivity index (χ0n) is 15.5. The standard InChI is InChI=1S/C19H27NO5/c1-6-20-19(22)14(4)25-18(21)10-8-15-7-9-16(17(11-15)23-5)24-12-13(2)3/h7-11,13-14H,6,12H2,1-5H3,(H,20,22)/b10-8+/t14-/m0/s1. The second-order valence-electron chi connectivity index (χ2n) is 5.92. The van der Waals surface area contributed by atoms with Gasteiger partial charge in [0.1, 0.15) is 0 Å². The largest absolute Gasteiger partial charge is 0.493 e. The molecule has 0 fully saturated rings. The average molecular weight is 349 g/mol. The van der Waals surface area contributed by atoms with E-state index in [1.165, 1.54) is 13.0 Å². The number of likely N-dealkylation sites (N-methyl/N-ethyl adjacent to an activating group) is 1. The van der Waals surface area contributed by atoms with Gasteiger partial charge in [-0.1, -0.05) is 19.9 Å². The van der Waals surface area contributed by atoms with Crippen LogP contribution in [0, 0.1) is 5.92 Å². The molecule has 1 aromatic rings. The molecule has 0 aliphatic heterocycles. The van der Waals surface area contributed by atoms with E-state index >= 15 is 0 Å². The summed E-state index contributed by atoms with van der Waals surface area (Å²) in [7, 11) is 1.56. The maximum Gasteiger partial charge on any atom is 0.331 e. The van der Waals surface area contributed by atoms with E-state index in [1.807, 2.05) is 6.07 Å². The lowest BCUT2D eigenvalue weighted by atomic mass is 10.2. The summed E-state index contributed by atoms with van der Waals surface area (Å²) in [5.41, 5.74) is 0.761. The van der Waals surface area contributed by atoms with Gasteiger partial charge >= 0.3 is 5.97 Å². The molecule has 138 valence electrons. The van der Waals surface area contributed by atoms with Gasteiger partial charge in [0.25, 0.3) is 5.91 Å². The molecule has 0 heterocycles. The number of carbonyl (C=O) groups excluding carboxylic acids is 2. The lowest BCUT2D eigenvalue weighted by Gasteiger charge is -2.13. The summed E-state index contributed by atoms with van der Waals surface area (Å²) in [6.45, 7) is 8.54. The molecule has 0 aliphatic rings. The molecule has 0 radical (unpaired) electrons. The summed E-state index contributed by atoms with van der Waals surface area (Å²) in [5, 5.41) is 2.59. The van der Waals surface area contributed by atoms with Gasteiger partial charge in [-0.25, -0.2) is 4.79 Å². The fourth-order valence-corrected chi connectivity index (χ4v) is 1.91. The van der Waals surface area contributed by atoms with E-state index in [0.717, 1.165) is 5.56 Å². The number of hydrogen-bond donors (Lipinski definition) is 1. The summed E-state index contributed by atoms with van der Waals surface area (Å²) in [6.07, 6.45) is 2.04. The third-order valence-corrected chi connectivity index (χ3v) is 3.18. The van der Waals surface area contributed by atoms with Crippen LogP contribution in [0.5, 0.6) is 11.5 Å². The zero-order chi connectivity index (χ0) is 18.8. The Kier molecular flexibility index (Phi) is 8.53. The highest BCUT2D eigenvalue weighted by molar-refractivity contribution is 5.90. The predicted molar refractivity (Wildman–Crippen MR) is 96.6 cm³/mol. The SMILES string of the molecule is CCNC(=O)[C@H](C)OC(=O)/C=C/c1ccc(OCC(C)C)c(OC)c1. The van der Waals surface area contributed by atoms with E-state index in [4.69, 9.17) is 14.2 Å². The molecule has 1 rings (SSSR count). The number of hydrogen-bond acceptors (Lipinski definition) is 5. The minimum Gasteiger partial charge on any atom is -0.493 e. The predicted octanol–water partition coefficient (Wildman–Crippen LogP) is 2.81. The number of esters is 1. The molecule has 1 atom stereocenters. The molecule has 0 bridgehead atoms. The average Bonchev–Trinajstić information content (AvgIpc) is 2.58. The van der Waals surface area contributed by atoms with Gasteiger partial charge in [-0.2, -0.15) is 0 Å². The van der Waals surface area contributed by atoms with Crippen molar-refractivity contribution in [1.29, 1.82) is 0 Å². The molecule has 1 amide bonds. The Labute approximate surface area is 149 Å². The van der Waals surface area contributed by atoms with Crippen molar-refractivity contribution < 1.29 is 23.8 Å². The van der Waals surface area contributed by atoms with Gasteiger partial charge < -0.3 is 19.5 Å². The molecule has 1 aromatic carbocycles. The van der Waals surface area contributed by atoms with E-state index in [9.17, 15) is 9.59 Å². The van der Waals surface area contributed by atoms with E-state index in [-0.39, 0.29) is 5.91 Å². The van der Waals surface area contributed by atoms with Crippen LogP contribution in [-0.4, -0.2) is 38.2 Å². The number of ether oxygens (including phenoxy) is 3. The molecule has 0 spiro atoms. The van der Waals surface area contributed by atoms with E-state index < -0.39 is 12.1 Å². The number of carbonyl (C=O) groups is 2. The first kappa shape index (κ1) is 20.5. The molecule has 0 unspecified atom stereocenters. The number of methoxy groups -OCH3 is 1. The highest BCUT2D eigenvalue weighted by atomic mass is 16.5. The molecule has 25 heavy (non-hydrogen) atoms. The van der Waals surface area contributed by atoms with Crippen LogP contribution in [0.2, 0.25) is 0 Å². The molecule has 0 aromatic heterocycles. The summed E-state index contributed by atoms with van der Waals surface area (Å²) < 4.78 is 16.0. The van der Waals surface area contributed by atoms with E-state index in [0.29, 0.717) is 30.6 Å². The van der Waals surface area contributed by atoms with Gasteiger partial charge in [-0.3, -0.25) is 4.79 Å². The Morgan fingerprint density at radius 3 is 2.52 bits per heavy atom. The Balaban J connectivity index is 2.70. The molecular formula is C19H27NO5. The van der Waals surface area contributed by atoms with Crippen molar-refractivity contribution in [2.24, 2.45) is 5.92 Å².